The topological polar surface area (TPSA) is 83.9 Å². The maximum atomic E-state index is 11.5. The van der Waals surface area contributed by atoms with E-state index >= 15 is 0 Å². The van der Waals surface area contributed by atoms with E-state index in [2.05, 4.69) is 0 Å². The number of aliphatic carboxylic acids is 1. The zero-order chi connectivity index (χ0) is 18.1. The minimum Gasteiger partial charge on any atom is -0.478 e. The number of carbonyl (C=O) groups excluding carboxylic acids is 2. The van der Waals surface area contributed by atoms with Crippen molar-refractivity contribution in [3.63, 3.8) is 0 Å². The summed E-state index contributed by atoms with van der Waals surface area (Å²) >= 11 is 0. The monoisotopic (exact) mass is 333 g/mol. The Balaban J connectivity index is 2.67. The number of anilines is 1. The van der Waals surface area contributed by atoms with Crippen molar-refractivity contribution in [2.75, 3.05) is 25.6 Å². The van der Waals surface area contributed by atoms with Gasteiger partial charge in [-0.25, -0.2) is 9.59 Å². The molecule has 0 unspecified atom stereocenters. The van der Waals surface area contributed by atoms with Crippen LogP contribution in [0.15, 0.2) is 30.3 Å². The van der Waals surface area contributed by atoms with E-state index < -0.39 is 17.7 Å². The van der Waals surface area contributed by atoms with Gasteiger partial charge in [-0.3, -0.25) is 4.79 Å². The van der Waals surface area contributed by atoms with Gasteiger partial charge in [0.2, 0.25) is 5.78 Å². The molecule has 0 aromatic heterocycles. The lowest BCUT2D eigenvalue weighted by Gasteiger charge is -2.14. The van der Waals surface area contributed by atoms with Crippen LogP contribution in [0.3, 0.4) is 0 Å². The van der Waals surface area contributed by atoms with E-state index in [9.17, 15) is 19.5 Å². The molecule has 1 N–H and O–H groups in total. The molecule has 0 aliphatic rings. The Hall–Kier alpha value is -2.63. The fourth-order valence-electron chi connectivity index (χ4n) is 2.00. The molecule has 130 valence electrons. The Labute approximate surface area is 141 Å². The molecule has 1 rings (SSSR count). The molecule has 0 heterocycles. The third-order valence-electron chi connectivity index (χ3n) is 3.38. The number of rotatable bonds is 9. The number of benzene rings is 1. The van der Waals surface area contributed by atoms with E-state index in [-0.39, 0.29) is 18.6 Å². The molecule has 0 aliphatic carbocycles. The first-order valence-electron chi connectivity index (χ1n) is 7.78. The highest BCUT2D eigenvalue weighted by Crippen LogP contribution is 2.21. The summed E-state index contributed by atoms with van der Waals surface area (Å²) in [5, 5.41) is 9.39. The normalized spacial score (nSPS) is 11.0. The molecule has 24 heavy (non-hydrogen) atoms. The molecule has 0 saturated heterocycles. The maximum absolute atomic E-state index is 11.5. The highest BCUT2D eigenvalue weighted by Gasteiger charge is 2.13. The van der Waals surface area contributed by atoms with Crippen LogP contribution in [0, 0.1) is 0 Å². The quantitative estimate of drug-likeness (QED) is 0.323. The Morgan fingerprint density at radius 2 is 1.96 bits per heavy atom. The van der Waals surface area contributed by atoms with E-state index in [0.717, 1.165) is 5.69 Å². The molecule has 6 heteroatoms. The second-order valence-corrected chi connectivity index (χ2v) is 5.42. The Bertz CT molecular complexity index is 634. The molecule has 0 aliphatic heterocycles. The van der Waals surface area contributed by atoms with Crippen LogP contribution in [0.1, 0.15) is 31.7 Å². The predicted molar refractivity (Wildman–Crippen MR) is 91.9 cm³/mol. The summed E-state index contributed by atoms with van der Waals surface area (Å²) in [6.45, 7) is 1.68. The summed E-state index contributed by atoms with van der Waals surface area (Å²) in [4.78, 5) is 35.7. The number of carbonyl (C=O) groups is 3. The van der Waals surface area contributed by atoms with Gasteiger partial charge in [0.15, 0.2) is 0 Å². The smallest absolute Gasteiger partial charge is 0.374 e. The standard InChI is InChI=1S/C18H23NO5/c1-4-16(20)18(23)24-11-6-5-10-15(17(21)22)13-8-7-9-14(12-13)19(2)3/h7-10,12H,4-6,11H2,1-3H3,(H,21,22). The lowest BCUT2D eigenvalue weighted by atomic mass is 10.0. The van der Waals surface area contributed by atoms with Crippen LogP contribution in [0.5, 0.6) is 0 Å². The number of Topliss-reactive ketones (excluding diaryl/α,β-unsaturated/α-hetero) is 1. The number of carboxylic acid groups (broad SMARTS) is 1. The van der Waals surface area contributed by atoms with Gasteiger partial charge >= 0.3 is 11.9 Å². The highest BCUT2D eigenvalue weighted by molar-refractivity contribution is 6.33. The summed E-state index contributed by atoms with van der Waals surface area (Å²) in [7, 11) is 3.77. The van der Waals surface area contributed by atoms with Gasteiger partial charge in [0.05, 0.1) is 12.2 Å². The first-order valence-corrected chi connectivity index (χ1v) is 7.78. The molecule has 0 bridgehead atoms. The van der Waals surface area contributed by atoms with Crippen LogP contribution >= 0.6 is 0 Å². The molecule has 0 spiro atoms. The van der Waals surface area contributed by atoms with Gasteiger partial charge in [-0.05, 0) is 30.5 Å². The minimum atomic E-state index is -1.01. The van der Waals surface area contributed by atoms with Gasteiger partial charge in [-0.2, -0.15) is 0 Å². The van der Waals surface area contributed by atoms with Gasteiger partial charge in [0.25, 0.3) is 0 Å². The predicted octanol–water partition coefficient (Wildman–Crippen LogP) is 2.52. The van der Waals surface area contributed by atoms with Gasteiger partial charge in [0, 0.05) is 26.2 Å². The van der Waals surface area contributed by atoms with Crippen molar-refractivity contribution in [3.05, 3.63) is 35.9 Å². The molecule has 0 fully saturated rings. The molecule has 1 aromatic carbocycles. The van der Waals surface area contributed by atoms with Gasteiger partial charge in [-0.1, -0.05) is 25.1 Å². The van der Waals surface area contributed by atoms with Crippen LogP contribution < -0.4 is 4.90 Å². The number of esters is 1. The number of nitrogens with zero attached hydrogens (tertiary/aromatic N) is 1. The average molecular weight is 333 g/mol. The Morgan fingerprint density at radius 3 is 2.54 bits per heavy atom. The van der Waals surface area contributed by atoms with Crippen molar-refractivity contribution in [1.29, 1.82) is 0 Å². The lowest BCUT2D eigenvalue weighted by Crippen LogP contribution is -2.16. The van der Waals surface area contributed by atoms with E-state index in [1.54, 1.807) is 31.2 Å². The van der Waals surface area contributed by atoms with E-state index in [1.807, 2.05) is 25.1 Å². The number of unbranched alkanes of at least 4 members (excludes halogenated alkanes) is 1. The first kappa shape index (κ1) is 19.4. The molecule has 0 atom stereocenters. The fraction of sp³-hybridized carbons (Fsp3) is 0.389. The van der Waals surface area contributed by atoms with Crippen molar-refractivity contribution < 1.29 is 24.2 Å². The molecule has 1 aromatic rings. The van der Waals surface area contributed by atoms with E-state index in [4.69, 9.17) is 4.74 Å². The lowest BCUT2D eigenvalue weighted by molar-refractivity contribution is -0.153. The second kappa shape index (κ2) is 9.50. The van der Waals surface area contributed by atoms with Crippen molar-refractivity contribution >= 4 is 29.0 Å². The summed E-state index contributed by atoms with van der Waals surface area (Å²) in [6, 6.07) is 7.25. The zero-order valence-corrected chi connectivity index (χ0v) is 14.2. The average Bonchev–Trinajstić information content (AvgIpc) is 2.56. The molecule has 6 nitrogen and oxygen atoms in total. The molecular weight excluding hydrogens is 310 g/mol. The van der Waals surface area contributed by atoms with E-state index in [0.29, 0.717) is 18.4 Å². The number of hydrogen-bond acceptors (Lipinski definition) is 5. The second-order valence-electron chi connectivity index (χ2n) is 5.42. The van der Waals surface area contributed by atoms with Gasteiger partial charge in [-0.15, -0.1) is 0 Å². The summed E-state index contributed by atoms with van der Waals surface area (Å²) < 4.78 is 4.82. The van der Waals surface area contributed by atoms with Crippen LogP contribution in [0.2, 0.25) is 0 Å². The van der Waals surface area contributed by atoms with Crippen LogP contribution in [-0.2, 0) is 19.1 Å². The largest absolute Gasteiger partial charge is 0.478 e. The van der Waals surface area contributed by atoms with E-state index in [1.165, 1.54) is 0 Å². The first-order chi connectivity index (χ1) is 11.4. The summed E-state index contributed by atoms with van der Waals surface area (Å²) in [6.07, 6.45) is 2.60. The summed E-state index contributed by atoms with van der Waals surface area (Å²) in [5.74, 6) is -2.40. The Kier molecular flexibility index (Phi) is 7.68. The minimum absolute atomic E-state index is 0.0890. The van der Waals surface area contributed by atoms with Crippen molar-refractivity contribution in [1.82, 2.24) is 0 Å². The molecule has 0 saturated carbocycles. The number of ether oxygens (including phenoxy) is 1. The third kappa shape index (κ3) is 5.87. The maximum Gasteiger partial charge on any atom is 0.374 e. The van der Waals surface area contributed by atoms with Crippen LogP contribution in [0.4, 0.5) is 5.69 Å². The number of allylic oxidation sites excluding steroid dienone is 1. The van der Waals surface area contributed by atoms with Crippen molar-refractivity contribution in [2.24, 2.45) is 0 Å². The number of ketones is 1. The van der Waals surface area contributed by atoms with Crippen molar-refractivity contribution in [2.45, 2.75) is 26.2 Å². The molecular formula is C18H23NO5. The van der Waals surface area contributed by atoms with Crippen LogP contribution in [-0.4, -0.2) is 43.5 Å². The third-order valence-corrected chi connectivity index (χ3v) is 3.38. The number of hydrogen-bond donors (Lipinski definition) is 1. The molecule has 0 amide bonds. The zero-order valence-electron chi connectivity index (χ0n) is 14.2. The summed E-state index contributed by atoms with van der Waals surface area (Å²) in [5.41, 5.74) is 1.73. The van der Waals surface area contributed by atoms with Gasteiger partial charge < -0.3 is 14.7 Å². The fourth-order valence-corrected chi connectivity index (χ4v) is 2.00. The van der Waals surface area contributed by atoms with Gasteiger partial charge in [0.1, 0.15) is 0 Å². The highest BCUT2D eigenvalue weighted by atomic mass is 16.5. The van der Waals surface area contributed by atoms with Crippen molar-refractivity contribution in [3.8, 4) is 0 Å². The Morgan fingerprint density at radius 1 is 1.25 bits per heavy atom. The molecule has 0 radical (unpaired) electrons. The SMILES string of the molecule is CCC(=O)C(=O)OCCCC=C(C(=O)O)c1cccc(N(C)C)c1. The number of carboxylic acids is 1. The van der Waals surface area contributed by atoms with Crippen LogP contribution in [0.25, 0.3) is 5.57 Å².